The van der Waals surface area contributed by atoms with Crippen LogP contribution in [0.3, 0.4) is 0 Å². The standard InChI is InChI=1S/C22H20Cl2FN4O2/c1-12-5-17(19(25)20(12)30)28-22-16(8-26-11-27-22)21(31)14-7-18(24)29(10-14)9-13-3-2-4-15(23)6-13/h2-4,6-8,10-12,17,19-20,30H,1,5,9H2,(H,26,27,28)/t12-,17-,19-,20-/m1/s1. The van der Waals surface area contributed by atoms with Crippen molar-refractivity contribution >= 4 is 34.8 Å². The Morgan fingerprint density at radius 1 is 1.35 bits per heavy atom. The fourth-order valence-corrected chi connectivity index (χ4v) is 4.17. The Labute approximate surface area is 189 Å². The molecule has 0 amide bonds. The molecule has 0 saturated heterocycles. The summed E-state index contributed by atoms with van der Waals surface area (Å²) >= 11 is 12.4. The second kappa shape index (κ2) is 8.94. The maximum absolute atomic E-state index is 14.4. The van der Waals surface area contributed by atoms with Crippen molar-refractivity contribution < 1.29 is 14.3 Å². The highest BCUT2D eigenvalue weighted by Crippen LogP contribution is 2.31. The first-order chi connectivity index (χ1) is 14.8. The van der Waals surface area contributed by atoms with Crippen molar-refractivity contribution in [2.45, 2.75) is 31.3 Å². The number of hydrogen-bond donors (Lipinski definition) is 2. The van der Waals surface area contributed by atoms with Gasteiger partial charge < -0.3 is 15.0 Å². The zero-order valence-electron chi connectivity index (χ0n) is 16.4. The van der Waals surface area contributed by atoms with Crippen molar-refractivity contribution in [3.05, 3.63) is 82.8 Å². The minimum absolute atomic E-state index is 0.188. The van der Waals surface area contributed by atoms with Crippen LogP contribution in [0.1, 0.15) is 27.9 Å². The predicted molar refractivity (Wildman–Crippen MR) is 117 cm³/mol. The molecule has 4 rings (SSSR count). The smallest absolute Gasteiger partial charge is 0.199 e. The van der Waals surface area contributed by atoms with Gasteiger partial charge in [-0.1, -0.05) is 35.3 Å². The van der Waals surface area contributed by atoms with Gasteiger partial charge >= 0.3 is 0 Å². The molecule has 2 heterocycles. The molecule has 31 heavy (non-hydrogen) atoms. The Morgan fingerprint density at radius 3 is 2.87 bits per heavy atom. The van der Waals surface area contributed by atoms with Crippen LogP contribution in [-0.2, 0) is 6.54 Å². The largest absolute Gasteiger partial charge is 0.390 e. The van der Waals surface area contributed by atoms with Gasteiger partial charge in [0.25, 0.3) is 0 Å². The molecule has 0 unspecified atom stereocenters. The maximum atomic E-state index is 14.4. The number of benzene rings is 1. The Hall–Kier alpha value is -2.48. The highest BCUT2D eigenvalue weighted by Gasteiger charge is 2.41. The summed E-state index contributed by atoms with van der Waals surface area (Å²) in [5.74, 6) is -0.588. The van der Waals surface area contributed by atoms with E-state index in [0.29, 0.717) is 28.7 Å². The summed E-state index contributed by atoms with van der Waals surface area (Å²) in [7, 11) is 0. The number of hydrogen-bond acceptors (Lipinski definition) is 5. The van der Waals surface area contributed by atoms with Crippen LogP contribution in [0, 0.1) is 12.8 Å². The number of nitrogens with zero attached hydrogens (tertiary/aromatic N) is 3. The minimum atomic E-state index is -1.51. The van der Waals surface area contributed by atoms with E-state index in [-0.39, 0.29) is 17.2 Å². The number of nitrogens with one attached hydrogen (secondary N) is 1. The number of rotatable bonds is 6. The predicted octanol–water partition coefficient (Wildman–Crippen LogP) is 4.20. The van der Waals surface area contributed by atoms with Gasteiger partial charge in [-0.2, -0.15) is 0 Å². The summed E-state index contributed by atoms with van der Waals surface area (Å²) in [6.45, 7) is 4.20. The van der Waals surface area contributed by atoms with E-state index < -0.39 is 24.2 Å². The number of anilines is 1. The lowest BCUT2D eigenvalue weighted by atomic mass is 10.1. The van der Waals surface area contributed by atoms with Gasteiger partial charge in [-0.05, 0) is 43.0 Å². The number of aliphatic hydroxyl groups excluding tert-OH is 1. The van der Waals surface area contributed by atoms with Crippen LogP contribution in [0.15, 0.2) is 49.1 Å². The summed E-state index contributed by atoms with van der Waals surface area (Å²) in [5, 5.41) is 13.8. The van der Waals surface area contributed by atoms with Crippen LogP contribution >= 0.6 is 23.2 Å². The normalized spacial score (nSPS) is 23.1. The van der Waals surface area contributed by atoms with Crippen LogP contribution < -0.4 is 5.32 Å². The minimum Gasteiger partial charge on any atom is -0.390 e. The first-order valence-corrected chi connectivity index (χ1v) is 10.5. The van der Waals surface area contributed by atoms with E-state index in [9.17, 15) is 14.3 Å². The van der Waals surface area contributed by atoms with Gasteiger partial charge in [0.2, 0.25) is 0 Å². The zero-order valence-corrected chi connectivity index (χ0v) is 17.9. The molecule has 9 heteroatoms. The van der Waals surface area contributed by atoms with Crippen molar-refractivity contribution in [1.29, 1.82) is 0 Å². The third-order valence-corrected chi connectivity index (χ3v) is 5.94. The molecule has 0 spiro atoms. The van der Waals surface area contributed by atoms with Crippen LogP contribution in [-0.4, -0.2) is 43.7 Å². The van der Waals surface area contributed by atoms with Gasteiger partial charge in [-0.3, -0.25) is 4.79 Å². The number of carbonyl (C=O) groups excluding carboxylic acids is 1. The first-order valence-electron chi connectivity index (χ1n) is 9.70. The van der Waals surface area contributed by atoms with Crippen LogP contribution in [0.4, 0.5) is 10.2 Å². The average Bonchev–Trinajstić information content (AvgIpc) is 3.22. The molecular formula is C22H20Cl2FN4O2. The van der Waals surface area contributed by atoms with E-state index in [0.717, 1.165) is 5.56 Å². The molecule has 3 aromatic rings. The highest BCUT2D eigenvalue weighted by atomic mass is 35.5. The van der Waals surface area contributed by atoms with E-state index in [1.807, 2.05) is 18.2 Å². The van der Waals surface area contributed by atoms with Crippen molar-refractivity contribution in [2.75, 3.05) is 5.32 Å². The summed E-state index contributed by atoms with van der Waals surface area (Å²) in [5.41, 5.74) is 1.47. The second-order valence-electron chi connectivity index (χ2n) is 7.61. The zero-order chi connectivity index (χ0) is 22.1. The third kappa shape index (κ3) is 4.59. The Morgan fingerprint density at radius 2 is 2.16 bits per heavy atom. The number of aliphatic hydroxyl groups is 1. The summed E-state index contributed by atoms with van der Waals surface area (Å²) in [6.07, 6.45) is 1.95. The van der Waals surface area contributed by atoms with Crippen molar-refractivity contribution in [2.24, 2.45) is 5.92 Å². The molecule has 0 aliphatic heterocycles. The molecule has 161 valence electrons. The van der Waals surface area contributed by atoms with Gasteiger partial charge in [-0.15, -0.1) is 0 Å². The molecule has 1 saturated carbocycles. The van der Waals surface area contributed by atoms with Gasteiger partial charge in [0.15, 0.2) is 5.78 Å². The van der Waals surface area contributed by atoms with Gasteiger partial charge in [0.05, 0.1) is 17.7 Å². The number of aromatic nitrogens is 3. The van der Waals surface area contributed by atoms with E-state index in [4.69, 9.17) is 23.2 Å². The lowest BCUT2D eigenvalue weighted by Crippen LogP contribution is -2.32. The molecule has 1 aromatic carbocycles. The molecule has 2 aromatic heterocycles. The van der Waals surface area contributed by atoms with Crippen LogP contribution in [0.2, 0.25) is 10.2 Å². The third-order valence-electron chi connectivity index (χ3n) is 5.38. The fraction of sp³-hybridized carbons (Fsp3) is 0.273. The molecule has 2 N–H and O–H groups in total. The van der Waals surface area contributed by atoms with Gasteiger partial charge in [-0.25, -0.2) is 14.4 Å². The SMILES string of the molecule is [CH2][C@@H]1C[C@@H](Nc2ncncc2C(=O)c2cc(Cl)n(Cc3cccc(Cl)c3)c2)[C@@H](F)[C@@H]1O. The van der Waals surface area contributed by atoms with Gasteiger partial charge in [0, 0.05) is 29.5 Å². The molecular weight excluding hydrogens is 442 g/mol. The van der Waals surface area contributed by atoms with Crippen molar-refractivity contribution in [3.63, 3.8) is 0 Å². The van der Waals surface area contributed by atoms with E-state index in [1.165, 1.54) is 12.5 Å². The molecule has 1 aliphatic carbocycles. The molecule has 6 nitrogen and oxygen atoms in total. The number of carbonyl (C=O) groups is 1. The highest BCUT2D eigenvalue weighted by molar-refractivity contribution is 6.31. The van der Waals surface area contributed by atoms with Crippen molar-refractivity contribution in [3.8, 4) is 0 Å². The summed E-state index contributed by atoms with van der Waals surface area (Å²) in [6, 6.07) is 8.23. The quantitative estimate of drug-likeness (QED) is 0.537. The Kier molecular flexibility index (Phi) is 6.27. The number of halogens is 3. The molecule has 1 aliphatic rings. The fourth-order valence-electron chi connectivity index (χ4n) is 3.73. The molecule has 1 fully saturated rings. The first kappa shape index (κ1) is 21.7. The van der Waals surface area contributed by atoms with Crippen molar-refractivity contribution in [1.82, 2.24) is 14.5 Å². The Balaban J connectivity index is 1.57. The second-order valence-corrected chi connectivity index (χ2v) is 8.43. The van der Waals surface area contributed by atoms with E-state index >= 15 is 0 Å². The number of alkyl halides is 1. The van der Waals surface area contributed by atoms with Crippen LogP contribution in [0.5, 0.6) is 0 Å². The lowest BCUT2D eigenvalue weighted by Gasteiger charge is -2.18. The molecule has 1 radical (unpaired) electrons. The summed E-state index contributed by atoms with van der Waals surface area (Å²) < 4.78 is 16.1. The van der Waals surface area contributed by atoms with Gasteiger partial charge in [0.1, 0.15) is 23.5 Å². The average molecular weight is 462 g/mol. The number of ketones is 1. The van der Waals surface area contributed by atoms with E-state index in [2.05, 4.69) is 22.2 Å². The summed E-state index contributed by atoms with van der Waals surface area (Å²) in [4.78, 5) is 21.2. The maximum Gasteiger partial charge on any atom is 0.199 e. The lowest BCUT2D eigenvalue weighted by molar-refractivity contribution is 0.0793. The topological polar surface area (TPSA) is 80.0 Å². The molecule has 4 atom stereocenters. The Bertz CT molecular complexity index is 1110. The van der Waals surface area contributed by atoms with Crippen LogP contribution in [0.25, 0.3) is 0 Å². The monoisotopic (exact) mass is 461 g/mol. The molecule has 0 bridgehead atoms. The van der Waals surface area contributed by atoms with E-state index in [1.54, 1.807) is 22.9 Å².